The number of hydrogen-bond acceptors (Lipinski definition) is 2. The molecule has 0 atom stereocenters. The fraction of sp³-hybridized carbons (Fsp3) is 0.571. The minimum atomic E-state index is 0.183. The summed E-state index contributed by atoms with van der Waals surface area (Å²) in [4.78, 5) is 0. The molecule has 1 saturated carbocycles. The number of aliphatic hydroxyl groups is 1. The van der Waals surface area contributed by atoms with Crippen molar-refractivity contribution in [3.63, 3.8) is 0 Å². The predicted molar refractivity (Wildman–Crippen MR) is 66.3 cm³/mol. The van der Waals surface area contributed by atoms with Crippen LogP contribution in [0.3, 0.4) is 0 Å². The molecule has 0 heterocycles. The fourth-order valence-corrected chi connectivity index (χ4v) is 2.34. The second-order valence-electron chi connectivity index (χ2n) is 5.04. The van der Waals surface area contributed by atoms with Crippen LogP contribution in [0.1, 0.15) is 30.4 Å². The van der Waals surface area contributed by atoms with E-state index in [9.17, 15) is 5.11 Å². The van der Waals surface area contributed by atoms with E-state index < -0.39 is 0 Å². The average molecular weight is 219 g/mol. The molecule has 0 radical (unpaired) electrons. The maximum absolute atomic E-state index is 9.35. The molecule has 2 nitrogen and oxygen atoms in total. The van der Waals surface area contributed by atoms with Gasteiger partial charge in [-0.05, 0) is 30.9 Å². The summed E-state index contributed by atoms with van der Waals surface area (Å²) < 4.78 is 0. The van der Waals surface area contributed by atoms with E-state index in [1.54, 1.807) is 0 Å². The molecule has 1 fully saturated rings. The first-order valence-electron chi connectivity index (χ1n) is 6.12. The first-order valence-corrected chi connectivity index (χ1v) is 6.12. The molecule has 88 valence electrons. The summed E-state index contributed by atoms with van der Waals surface area (Å²) >= 11 is 0. The number of benzene rings is 1. The molecule has 0 saturated heterocycles. The van der Waals surface area contributed by atoms with Gasteiger partial charge < -0.3 is 10.4 Å². The Morgan fingerprint density at radius 3 is 2.62 bits per heavy atom. The Kier molecular flexibility index (Phi) is 3.62. The van der Waals surface area contributed by atoms with Gasteiger partial charge in [0.1, 0.15) is 0 Å². The number of hydrogen-bond donors (Lipinski definition) is 2. The number of nitrogens with one attached hydrogen (secondary N) is 1. The molecule has 16 heavy (non-hydrogen) atoms. The van der Waals surface area contributed by atoms with Gasteiger partial charge in [-0.3, -0.25) is 0 Å². The molecule has 2 heteroatoms. The van der Waals surface area contributed by atoms with E-state index in [0.29, 0.717) is 6.61 Å². The van der Waals surface area contributed by atoms with Crippen LogP contribution in [0.5, 0.6) is 0 Å². The second kappa shape index (κ2) is 4.98. The van der Waals surface area contributed by atoms with Crippen molar-refractivity contribution in [1.82, 2.24) is 5.32 Å². The molecule has 2 rings (SSSR count). The Labute approximate surface area is 97.7 Å². The summed E-state index contributed by atoms with van der Waals surface area (Å²) in [5, 5.41) is 12.8. The van der Waals surface area contributed by atoms with Gasteiger partial charge in [-0.1, -0.05) is 30.7 Å². The van der Waals surface area contributed by atoms with Crippen LogP contribution >= 0.6 is 0 Å². The third-order valence-electron chi connectivity index (χ3n) is 3.83. The minimum absolute atomic E-state index is 0.183. The highest BCUT2D eigenvalue weighted by molar-refractivity contribution is 5.25. The third-order valence-corrected chi connectivity index (χ3v) is 3.83. The van der Waals surface area contributed by atoms with Crippen molar-refractivity contribution in [1.29, 1.82) is 0 Å². The summed E-state index contributed by atoms with van der Waals surface area (Å²) in [6, 6.07) is 8.45. The molecule has 0 amide bonds. The first-order chi connectivity index (χ1) is 7.76. The number of rotatable bonds is 5. The van der Waals surface area contributed by atoms with E-state index in [4.69, 9.17) is 0 Å². The maximum Gasteiger partial charge on any atom is 0.0499 e. The highest BCUT2D eigenvalue weighted by atomic mass is 16.3. The van der Waals surface area contributed by atoms with Gasteiger partial charge in [0.2, 0.25) is 0 Å². The Balaban J connectivity index is 1.82. The van der Waals surface area contributed by atoms with Gasteiger partial charge in [0.05, 0.1) is 0 Å². The Bertz CT molecular complexity index is 339. The molecule has 1 aliphatic rings. The Hall–Kier alpha value is -0.860. The molecule has 0 spiro atoms. The van der Waals surface area contributed by atoms with Crippen LogP contribution in [0.25, 0.3) is 0 Å². The van der Waals surface area contributed by atoms with Gasteiger partial charge in [-0.2, -0.15) is 0 Å². The van der Waals surface area contributed by atoms with E-state index >= 15 is 0 Å². The van der Waals surface area contributed by atoms with Gasteiger partial charge in [0, 0.05) is 25.1 Å². The molecule has 2 N–H and O–H groups in total. The lowest BCUT2D eigenvalue weighted by Crippen LogP contribution is -2.42. The van der Waals surface area contributed by atoms with Crippen molar-refractivity contribution < 1.29 is 5.11 Å². The lowest BCUT2D eigenvalue weighted by Gasteiger charge is -2.40. The summed E-state index contributed by atoms with van der Waals surface area (Å²) in [7, 11) is 0. The average Bonchev–Trinajstić information content (AvgIpc) is 2.25. The SMILES string of the molecule is Cc1ccccc1CNCC1(CO)CCC1. The predicted octanol–water partition coefficient (Wildman–Crippen LogP) is 2.25. The van der Waals surface area contributed by atoms with Gasteiger partial charge >= 0.3 is 0 Å². The van der Waals surface area contributed by atoms with Gasteiger partial charge in [-0.15, -0.1) is 0 Å². The molecule has 1 aliphatic carbocycles. The van der Waals surface area contributed by atoms with Crippen LogP contribution < -0.4 is 5.32 Å². The topological polar surface area (TPSA) is 32.3 Å². The van der Waals surface area contributed by atoms with Crippen molar-refractivity contribution in [2.24, 2.45) is 5.41 Å². The van der Waals surface area contributed by atoms with Crippen molar-refractivity contribution >= 4 is 0 Å². The van der Waals surface area contributed by atoms with E-state index in [2.05, 4.69) is 36.5 Å². The molecule has 1 aromatic rings. The smallest absolute Gasteiger partial charge is 0.0499 e. The summed E-state index contributed by atoms with van der Waals surface area (Å²) in [6.07, 6.45) is 3.61. The zero-order valence-electron chi connectivity index (χ0n) is 10.00. The van der Waals surface area contributed by atoms with Gasteiger partial charge in [0.25, 0.3) is 0 Å². The second-order valence-corrected chi connectivity index (χ2v) is 5.04. The minimum Gasteiger partial charge on any atom is -0.396 e. The van der Waals surface area contributed by atoms with Crippen LogP contribution in [-0.2, 0) is 6.54 Å². The Morgan fingerprint density at radius 1 is 1.31 bits per heavy atom. The van der Waals surface area contributed by atoms with Gasteiger partial charge in [0.15, 0.2) is 0 Å². The molecule has 0 unspecified atom stereocenters. The van der Waals surface area contributed by atoms with Crippen molar-refractivity contribution in [2.45, 2.75) is 32.7 Å². The van der Waals surface area contributed by atoms with Gasteiger partial charge in [-0.25, -0.2) is 0 Å². The van der Waals surface area contributed by atoms with Crippen molar-refractivity contribution in [2.75, 3.05) is 13.2 Å². The molecule has 0 aromatic heterocycles. The lowest BCUT2D eigenvalue weighted by atomic mass is 9.69. The monoisotopic (exact) mass is 219 g/mol. The van der Waals surface area contributed by atoms with Crippen LogP contribution in [0, 0.1) is 12.3 Å². The zero-order chi connectivity index (χ0) is 11.4. The normalized spacial score (nSPS) is 18.1. The number of aryl methyl sites for hydroxylation is 1. The van der Waals surface area contributed by atoms with E-state index in [0.717, 1.165) is 13.1 Å². The quantitative estimate of drug-likeness (QED) is 0.796. The molecule has 0 bridgehead atoms. The Morgan fingerprint density at radius 2 is 2.06 bits per heavy atom. The molecule has 1 aromatic carbocycles. The zero-order valence-corrected chi connectivity index (χ0v) is 10.00. The van der Waals surface area contributed by atoms with Crippen LogP contribution in [-0.4, -0.2) is 18.3 Å². The summed E-state index contributed by atoms with van der Waals surface area (Å²) in [5.74, 6) is 0. The molecular weight excluding hydrogens is 198 g/mol. The fourth-order valence-electron chi connectivity index (χ4n) is 2.34. The lowest BCUT2D eigenvalue weighted by molar-refractivity contribution is 0.0445. The first kappa shape index (κ1) is 11.6. The van der Waals surface area contributed by atoms with Crippen LogP contribution in [0.4, 0.5) is 0 Å². The summed E-state index contributed by atoms with van der Waals surface area (Å²) in [6.45, 7) is 4.32. The number of aliphatic hydroxyl groups excluding tert-OH is 1. The molecular formula is C14H21NO. The summed E-state index contributed by atoms with van der Waals surface area (Å²) in [5.41, 5.74) is 2.87. The van der Waals surface area contributed by atoms with Crippen molar-refractivity contribution in [3.8, 4) is 0 Å². The third kappa shape index (κ3) is 2.45. The van der Waals surface area contributed by atoms with Crippen molar-refractivity contribution in [3.05, 3.63) is 35.4 Å². The maximum atomic E-state index is 9.35. The van der Waals surface area contributed by atoms with E-state index in [1.165, 1.54) is 30.4 Å². The molecule has 0 aliphatic heterocycles. The van der Waals surface area contributed by atoms with Crippen LogP contribution in [0.2, 0.25) is 0 Å². The van der Waals surface area contributed by atoms with E-state index in [-0.39, 0.29) is 5.41 Å². The largest absolute Gasteiger partial charge is 0.396 e. The highest BCUT2D eigenvalue weighted by Gasteiger charge is 2.35. The van der Waals surface area contributed by atoms with E-state index in [1.807, 2.05) is 0 Å². The highest BCUT2D eigenvalue weighted by Crippen LogP contribution is 2.39. The standard InChI is InChI=1S/C14H21NO/c1-12-5-2-3-6-13(12)9-15-10-14(11-16)7-4-8-14/h2-3,5-6,15-16H,4,7-11H2,1H3. The van der Waals surface area contributed by atoms with Crippen LogP contribution in [0.15, 0.2) is 24.3 Å².